The molecule has 2 aliphatic carbocycles. The number of carbonyl (C=O) groups excluding carboxylic acids is 3. The van der Waals surface area contributed by atoms with Gasteiger partial charge in [0.1, 0.15) is 0 Å². The van der Waals surface area contributed by atoms with Crippen molar-refractivity contribution in [3.8, 4) is 0 Å². The molecule has 2 saturated carbocycles. The summed E-state index contributed by atoms with van der Waals surface area (Å²) < 4.78 is 0. The third-order valence-corrected chi connectivity index (χ3v) is 10.2. The molecular weight excluding hydrogens is 488 g/mol. The van der Waals surface area contributed by atoms with E-state index in [0.29, 0.717) is 11.3 Å². The fourth-order valence-corrected chi connectivity index (χ4v) is 7.51. The number of amides is 3. The van der Waals surface area contributed by atoms with E-state index in [2.05, 4.69) is 31.9 Å². The van der Waals surface area contributed by atoms with Crippen molar-refractivity contribution in [3.63, 3.8) is 0 Å². The molecule has 0 unspecified atom stereocenters. The highest BCUT2D eigenvalue weighted by molar-refractivity contribution is 9.12. The van der Waals surface area contributed by atoms with E-state index in [0.717, 1.165) is 32.4 Å². The molecule has 3 amide bonds. The maximum Gasteiger partial charge on any atom is 0.253 e. The Balaban J connectivity index is 1.38. The van der Waals surface area contributed by atoms with Crippen LogP contribution in [0, 0.1) is 23.7 Å². The van der Waals surface area contributed by atoms with E-state index in [9.17, 15) is 14.4 Å². The first-order valence-corrected chi connectivity index (χ1v) is 11.9. The number of imide groups is 1. The van der Waals surface area contributed by atoms with E-state index in [-0.39, 0.29) is 51.0 Å². The molecule has 2 heterocycles. The van der Waals surface area contributed by atoms with Gasteiger partial charge in [-0.05, 0) is 61.8 Å². The molecule has 0 radical (unpaired) electrons. The number of hydrogen-bond donors (Lipinski definition) is 0. The summed E-state index contributed by atoms with van der Waals surface area (Å²) in [7, 11) is 0. The van der Waals surface area contributed by atoms with Crippen LogP contribution in [0.3, 0.4) is 0 Å². The van der Waals surface area contributed by atoms with Crippen LogP contribution in [0.2, 0.25) is 0 Å². The molecule has 5 nitrogen and oxygen atoms in total. The lowest BCUT2D eigenvalue weighted by molar-refractivity contribution is -0.123. The lowest BCUT2D eigenvalue weighted by atomic mass is 9.81. The molecule has 4 fully saturated rings. The Labute approximate surface area is 181 Å². The molecule has 5 rings (SSSR count). The molecule has 6 atom stereocenters. The van der Waals surface area contributed by atoms with Gasteiger partial charge in [-0.1, -0.05) is 31.9 Å². The Morgan fingerprint density at radius 3 is 1.93 bits per heavy atom. The molecule has 2 aliphatic heterocycles. The van der Waals surface area contributed by atoms with Crippen LogP contribution in [0.15, 0.2) is 24.3 Å². The predicted molar refractivity (Wildman–Crippen MR) is 113 cm³/mol. The third-order valence-electron chi connectivity index (χ3n) is 7.00. The van der Waals surface area contributed by atoms with E-state index in [1.807, 2.05) is 4.90 Å². The first kappa shape index (κ1) is 18.8. The number of nitrogens with zero attached hydrogens (tertiary/aromatic N) is 2. The minimum absolute atomic E-state index is 0.0319. The Morgan fingerprint density at radius 1 is 0.857 bits per heavy atom. The van der Waals surface area contributed by atoms with E-state index >= 15 is 0 Å². The standard InChI is InChI=1S/C21H22Br2N2O3/c22-17-13-10-14(18(17)23)16-15(13)20(27)25(21(16)28)12-6-4-11(5-7-12)19(26)24-8-2-1-3-9-24/h4-7,13-18H,1-3,8-10H2/t13-,14+,15-,16+,17-,18+. The Kier molecular flexibility index (Phi) is 4.66. The summed E-state index contributed by atoms with van der Waals surface area (Å²) >= 11 is 7.43. The molecule has 0 aromatic heterocycles. The molecule has 4 aliphatic rings. The minimum atomic E-state index is -0.217. The minimum Gasteiger partial charge on any atom is -0.339 e. The highest BCUT2D eigenvalue weighted by Gasteiger charge is 2.66. The van der Waals surface area contributed by atoms with Crippen LogP contribution in [-0.4, -0.2) is 45.4 Å². The molecule has 7 heteroatoms. The monoisotopic (exact) mass is 508 g/mol. The van der Waals surface area contributed by atoms with E-state index in [1.54, 1.807) is 24.3 Å². The SMILES string of the molecule is O=C(c1ccc(N2C(=O)[C@@H]3[C@H]4C[C@H]([C@H](Br)[C@@H]4Br)[C@@H]3C2=O)cc1)N1CCCCC1. The van der Waals surface area contributed by atoms with Gasteiger partial charge < -0.3 is 4.90 Å². The predicted octanol–water partition coefficient (Wildman–Crippen LogP) is 3.60. The van der Waals surface area contributed by atoms with Crippen LogP contribution in [0.5, 0.6) is 0 Å². The first-order chi connectivity index (χ1) is 13.5. The van der Waals surface area contributed by atoms with Crippen molar-refractivity contribution in [2.75, 3.05) is 18.0 Å². The van der Waals surface area contributed by atoms with Crippen molar-refractivity contribution in [2.24, 2.45) is 23.7 Å². The van der Waals surface area contributed by atoms with E-state index in [1.165, 1.54) is 11.3 Å². The van der Waals surface area contributed by atoms with Crippen LogP contribution < -0.4 is 4.90 Å². The highest BCUT2D eigenvalue weighted by Crippen LogP contribution is 2.60. The largest absolute Gasteiger partial charge is 0.339 e. The van der Waals surface area contributed by atoms with Gasteiger partial charge >= 0.3 is 0 Å². The zero-order chi connectivity index (χ0) is 19.6. The Morgan fingerprint density at radius 2 is 1.39 bits per heavy atom. The number of rotatable bonds is 2. The topological polar surface area (TPSA) is 57.7 Å². The third kappa shape index (κ3) is 2.65. The second kappa shape index (κ2) is 6.94. The summed E-state index contributed by atoms with van der Waals surface area (Å²) in [5.74, 6) is -0.148. The summed E-state index contributed by atoms with van der Waals surface area (Å²) in [4.78, 5) is 42.6. The fourth-order valence-electron chi connectivity index (χ4n) is 5.64. The number of hydrogen-bond acceptors (Lipinski definition) is 3. The van der Waals surface area contributed by atoms with Gasteiger partial charge in [-0.15, -0.1) is 0 Å². The fraction of sp³-hybridized carbons (Fsp3) is 0.571. The van der Waals surface area contributed by atoms with Crippen LogP contribution in [0.25, 0.3) is 0 Å². The van der Waals surface area contributed by atoms with Gasteiger partial charge in [-0.3, -0.25) is 19.3 Å². The summed E-state index contributed by atoms with van der Waals surface area (Å²) in [6.07, 6.45) is 4.20. The zero-order valence-corrected chi connectivity index (χ0v) is 18.6. The van der Waals surface area contributed by atoms with Crippen molar-refractivity contribution in [2.45, 2.75) is 35.3 Å². The maximum atomic E-state index is 13.1. The van der Waals surface area contributed by atoms with Crippen molar-refractivity contribution in [1.82, 2.24) is 4.90 Å². The summed E-state index contributed by atoms with van der Waals surface area (Å²) in [5.41, 5.74) is 1.20. The van der Waals surface area contributed by atoms with Gasteiger partial charge in [0.05, 0.1) is 17.5 Å². The van der Waals surface area contributed by atoms with Crippen molar-refractivity contribution in [1.29, 1.82) is 0 Å². The number of alkyl halides is 2. The van der Waals surface area contributed by atoms with Gasteiger partial charge in [0.25, 0.3) is 5.91 Å². The number of benzene rings is 1. The lowest BCUT2D eigenvalue weighted by Crippen LogP contribution is -2.37. The zero-order valence-electron chi connectivity index (χ0n) is 15.4. The molecule has 0 spiro atoms. The molecule has 2 bridgehead atoms. The average molecular weight is 510 g/mol. The Bertz CT molecular complexity index is 805. The van der Waals surface area contributed by atoms with Crippen molar-refractivity contribution < 1.29 is 14.4 Å². The second-order valence-electron chi connectivity index (χ2n) is 8.42. The molecule has 1 aromatic rings. The van der Waals surface area contributed by atoms with E-state index < -0.39 is 0 Å². The molecule has 0 N–H and O–H groups in total. The first-order valence-electron chi connectivity index (χ1n) is 10.0. The summed E-state index contributed by atoms with van der Waals surface area (Å²) in [6, 6.07) is 6.98. The van der Waals surface area contributed by atoms with Gasteiger partial charge in [0, 0.05) is 28.3 Å². The number of anilines is 1. The molecule has 148 valence electrons. The molecule has 1 aromatic carbocycles. The van der Waals surface area contributed by atoms with Gasteiger partial charge in [-0.2, -0.15) is 0 Å². The number of halogens is 2. The van der Waals surface area contributed by atoms with Crippen LogP contribution in [-0.2, 0) is 9.59 Å². The molecular formula is C21H22Br2N2O3. The smallest absolute Gasteiger partial charge is 0.253 e. The quantitative estimate of drug-likeness (QED) is 0.452. The van der Waals surface area contributed by atoms with Gasteiger partial charge in [0.15, 0.2) is 0 Å². The Hall–Kier alpha value is -1.21. The highest BCUT2D eigenvalue weighted by atomic mass is 79.9. The van der Waals surface area contributed by atoms with Crippen LogP contribution in [0.1, 0.15) is 36.0 Å². The van der Waals surface area contributed by atoms with Gasteiger partial charge in [0.2, 0.25) is 11.8 Å². The van der Waals surface area contributed by atoms with Crippen LogP contribution in [0.4, 0.5) is 5.69 Å². The molecule has 2 saturated heterocycles. The van der Waals surface area contributed by atoms with Crippen molar-refractivity contribution >= 4 is 55.3 Å². The summed E-state index contributed by atoms with van der Waals surface area (Å²) in [6.45, 7) is 1.61. The van der Waals surface area contributed by atoms with E-state index in [4.69, 9.17) is 0 Å². The number of piperidine rings is 1. The normalized spacial score (nSPS) is 36.9. The maximum absolute atomic E-state index is 13.1. The average Bonchev–Trinajstić information content (AvgIpc) is 3.33. The number of likely N-dealkylation sites (tertiary alicyclic amines) is 1. The molecule has 28 heavy (non-hydrogen) atoms. The van der Waals surface area contributed by atoms with Crippen LogP contribution >= 0.6 is 31.9 Å². The van der Waals surface area contributed by atoms with Gasteiger partial charge in [-0.25, -0.2) is 0 Å². The summed E-state index contributed by atoms with van der Waals surface area (Å²) in [5, 5.41) is 0. The number of fused-ring (bicyclic) bond motifs is 5. The number of carbonyl (C=O) groups is 3. The van der Waals surface area contributed by atoms with Crippen molar-refractivity contribution in [3.05, 3.63) is 29.8 Å². The lowest BCUT2D eigenvalue weighted by Gasteiger charge is -2.28. The second-order valence-corrected chi connectivity index (χ2v) is 10.5.